The van der Waals surface area contributed by atoms with E-state index in [1.807, 2.05) is 23.9 Å². The minimum Gasteiger partial charge on any atom is -0.497 e. The second-order valence-corrected chi connectivity index (χ2v) is 5.32. The maximum atomic E-state index is 5.23. The lowest BCUT2D eigenvalue weighted by Crippen LogP contribution is -2.13. The molecule has 4 nitrogen and oxygen atoms in total. The van der Waals surface area contributed by atoms with E-state index in [9.17, 15) is 0 Å². The summed E-state index contributed by atoms with van der Waals surface area (Å²) in [7, 11) is 3.66. The van der Waals surface area contributed by atoms with Gasteiger partial charge in [-0.05, 0) is 23.6 Å². The standard InChI is InChI=1S/C16H23N3O/c1-12(2)16-14(11-19(3)18-16)10-17-9-13-6-5-7-15(8-13)20-4/h5-8,11-12,17H,9-10H2,1-4H3. The van der Waals surface area contributed by atoms with Crippen molar-refractivity contribution in [2.24, 2.45) is 7.05 Å². The summed E-state index contributed by atoms with van der Waals surface area (Å²) in [5.74, 6) is 1.35. The second-order valence-electron chi connectivity index (χ2n) is 5.32. The molecular formula is C16H23N3O. The molecule has 0 fully saturated rings. The van der Waals surface area contributed by atoms with Crippen LogP contribution in [0.3, 0.4) is 0 Å². The van der Waals surface area contributed by atoms with Crippen molar-refractivity contribution >= 4 is 0 Å². The van der Waals surface area contributed by atoms with Crippen LogP contribution in [0.15, 0.2) is 30.5 Å². The van der Waals surface area contributed by atoms with Crippen molar-refractivity contribution in [3.8, 4) is 5.75 Å². The molecule has 1 heterocycles. The molecule has 20 heavy (non-hydrogen) atoms. The first-order valence-electron chi connectivity index (χ1n) is 6.96. The van der Waals surface area contributed by atoms with Gasteiger partial charge in [0.1, 0.15) is 5.75 Å². The predicted octanol–water partition coefficient (Wildman–Crippen LogP) is 2.84. The average Bonchev–Trinajstić information content (AvgIpc) is 2.80. The Morgan fingerprint density at radius 1 is 1.30 bits per heavy atom. The van der Waals surface area contributed by atoms with E-state index >= 15 is 0 Å². The zero-order chi connectivity index (χ0) is 14.5. The van der Waals surface area contributed by atoms with Gasteiger partial charge in [-0.25, -0.2) is 0 Å². The zero-order valence-corrected chi connectivity index (χ0v) is 12.7. The number of aromatic nitrogens is 2. The second kappa shape index (κ2) is 6.57. The van der Waals surface area contributed by atoms with Crippen LogP contribution in [0.2, 0.25) is 0 Å². The van der Waals surface area contributed by atoms with Crippen LogP contribution in [0.5, 0.6) is 5.75 Å². The van der Waals surface area contributed by atoms with Crippen molar-refractivity contribution in [3.63, 3.8) is 0 Å². The van der Waals surface area contributed by atoms with Gasteiger partial charge in [0.15, 0.2) is 0 Å². The van der Waals surface area contributed by atoms with E-state index in [1.54, 1.807) is 7.11 Å². The molecule has 108 valence electrons. The maximum absolute atomic E-state index is 5.23. The number of nitrogens with zero attached hydrogens (tertiary/aromatic N) is 2. The fourth-order valence-electron chi connectivity index (χ4n) is 2.30. The van der Waals surface area contributed by atoms with Gasteiger partial charge in [0, 0.05) is 31.9 Å². The molecule has 0 aliphatic carbocycles. The van der Waals surface area contributed by atoms with Crippen molar-refractivity contribution in [1.82, 2.24) is 15.1 Å². The summed E-state index contributed by atoms with van der Waals surface area (Å²) in [6.07, 6.45) is 2.09. The summed E-state index contributed by atoms with van der Waals surface area (Å²) in [5, 5.41) is 7.99. The molecule has 0 bridgehead atoms. The Morgan fingerprint density at radius 2 is 2.10 bits per heavy atom. The summed E-state index contributed by atoms with van der Waals surface area (Å²) in [5.41, 5.74) is 3.66. The van der Waals surface area contributed by atoms with Gasteiger partial charge < -0.3 is 10.1 Å². The Balaban J connectivity index is 1.95. The van der Waals surface area contributed by atoms with Gasteiger partial charge in [-0.3, -0.25) is 4.68 Å². The Kier molecular flexibility index (Phi) is 4.79. The highest BCUT2D eigenvalue weighted by molar-refractivity contribution is 5.28. The fourth-order valence-corrected chi connectivity index (χ4v) is 2.30. The number of aryl methyl sites for hydroxylation is 1. The first-order chi connectivity index (χ1) is 9.60. The summed E-state index contributed by atoms with van der Waals surface area (Å²) in [6, 6.07) is 8.13. The molecule has 0 spiro atoms. The monoisotopic (exact) mass is 273 g/mol. The van der Waals surface area contributed by atoms with Crippen LogP contribution in [-0.2, 0) is 20.1 Å². The molecule has 0 amide bonds. The largest absolute Gasteiger partial charge is 0.497 e. The lowest BCUT2D eigenvalue weighted by Gasteiger charge is -2.08. The van der Waals surface area contributed by atoms with Gasteiger partial charge in [0.25, 0.3) is 0 Å². The first kappa shape index (κ1) is 14.6. The highest BCUT2D eigenvalue weighted by Gasteiger charge is 2.10. The van der Waals surface area contributed by atoms with Gasteiger partial charge in [0.2, 0.25) is 0 Å². The lowest BCUT2D eigenvalue weighted by atomic mass is 10.1. The Labute approximate surface area is 120 Å². The highest BCUT2D eigenvalue weighted by Crippen LogP contribution is 2.17. The Morgan fingerprint density at radius 3 is 2.80 bits per heavy atom. The quantitative estimate of drug-likeness (QED) is 0.879. The maximum Gasteiger partial charge on any atom is 0.119 e. The van der Waals surface area contributed by atoms with E-state index in [4.69, 9.17) is 4.74 Å². The molecule has 0 aliphatic heterocycles. The third kappa shape index (κ3) is 3.61. The number of benzene rings is 1. The van der Waals surface area contributed by atoms with Crippen LogP contribution in [0.25, 0.3) is 0 Å². The van der Waals surface area contributed by atoms with E-state index in [-0.39, 0.29) is 0 Å². The molecular weight excluding hydrogens is 250 g/mol. The minimum atomic E-state index is 0.449. The van der Waals surface area contributed by atoms with E-state index in [0.29, 0.717) is 5.92 Å². The molecule has 0 aliphatic rings. The number of ether oxygens (including phenoxy) is 1. The third-order valence-corrected chi connectivity index (χ3v) is 3.26. The van der Waals surface area contributed by atoms with Gasteiger partial charge in [-0.2, -0.15) is 5.10 Å². The molecule has 0 atom stereocenters. The van der Waals surface area contributed by atoms with Gasteiger partial charge in [-0.1, -0.05) is 26.0 Å². The molecule has 0 saturated carbocycles. The van der Waals surface area contributed by atoms with Crippen LogP contribution < -0.4 is 10.1 Å². The molecule has 1 N–H and O–H groups in total. The number of hydrogen-bond donors (Lipinski definition) is 1. The molecule has 2 rings (SSSR count). The molecule has 4 heteroatoms. The zero-order valence-electron chi connectivity index (χ0n) is 12.7. The van der Waals surface area contributed by atoms with Crippen LogP contribution in [0.4, 0.5) is 0 Å². The van der Waals surface area contributed by atoms with Crippen LogP contribution in [0, 0.1) is 0 Å². The van der Waals surface area contributed by atoms with Gasteiger partial charge in [-0.15, -0.1) is 0 Å². The topological polar surface area (TPSA) is 39.1 Å². The Hall–Kier alpha value is -1.81. The van der Waals surface area contributed by atoms with E-state index in [1.165, 1.54) is 16.8 Å². The van der Waals surface area contributed by atoms with Crippen molar-refractivity contribution in [1.29, 1.82) is 0 Å². The number of rotatable bonds is 6. The number of hydrogen-bond acceptors (Lipinski definition) is 3. The van der Waals surface area contributed by atoms with Crippen molar-refractivity contribution in [2.75, 3.05) is 7.11 Å². The summed E-state index contributed by atoms with van der Waals surface area (Å²) in [4.78, 5) is 0. The fraction of sp³-hybridized carbons (Fsp3) is 0.438. The minimum absolute atomic E-state index is 0.449. The highest BCUT2D eigenvalue weighted by atomic mass is 16.5. The van der Waals surface area contributed by atoms with Crippen molar-refractivity contribution < 1.29 is 4.74 Å². The average molecular weight is 273 g/mol. The normalized spacial score (nSPS) is 11.1. The summed E-state index contributed by atoms with van der Waals surface area (Å²) >= 11 is 0. The summed E-state index contributed by atoms with van der Waals surface area (Å²) in [6.45, 7) is 6.00. The van der Waals surface area contributed by atoms with Crippen LogP contribution in [-0.4, -0.2) is 16.9 Å². The van der Waals surface area contributed by atoms with Gasteiger partial charge in [0.05, 0.1) is 12.8 Å². The molecule has 0 unspecified atom stereocenters. The SMILES string of the molecule is COc1cccc(CNCc2cn(C)nc2C(C)C)c1. The van der Waals surface area contributed by atoms with Crippen LogP contribution >= 0.6 is 0 Å². The summed E-state index contributed by atoms with van der Waals surface area (Å²) < 4.78 is 7.12. The molecule has 2 aromatic rings. The molecule has 0 radical (unpaired) electrons. The van der Waals surface area contributed by atoms with E-state index in [2.05, 4.69) is 42.6 Å². The number of nitrogens with one attached hydrogen (secondary N) is 1. The smallest absolute Gasteiger partial charge is 0.119 e. The van der Waals surface area contributed by atoms with Crippen molar-refractivity contribution in [3.05, 3.63) is 47.3 Å². The molecule has 0 saturated heterocycles. The van der Waals surface area contributed by atoms with Crippen LogP contribution in [0.1, 0.15) is 36.6 Å². The van der Waals surface area contributed by atoms with Crippen molar-refractivity contribution in [2.45, 2.75) is 32.9 Å². The predicted molar refractivity (Wildman–Crippen MR) is 80.8 cm³/mol. The molecule has 1 aromatic heterocycles. The lowest BCUT2D eigenvalue weighted by molar-refractivity contribution is 0.414. The van der Waals surface area contributed by atoms with E-state index in [0.717, 1.165) is 18.8 Å². The third-order valence-electron chi connectivity index (χ3n) is 3.26. The van der Waals surface area contributed by atoms with Gasteiger partial charge >= 0.3 is 0 Å². The number of methoxy groups -OCH3 is 1. The molecule has 1 aromatic carbocycles. The Bertz CT molecular complexity index is 561. The van der Waals surface area contributed by atoms with E-state index < -0.39 is 0 Å². The first-order valence-corrected chi connectivity index (χ1v) is 6.96.